The fourth-order valence-electron chi connectivity index (χ4n) is 12.8. The van der Waals surface area contributed by atoms with Gasteiger partial charge in [-0.1, -0.05) is 13.8 Å². The minimum atomic E-state index is -1.01. The summed E-state index contributed by atoms with van der Waals surface area (Å²) in [5, 5.41) is 66.9. The number of aliphatic hydroxyl groups excluding tert-OH is 5. The van der Waals surface area contributed by atoms with E-state index in [9.17, 15) is 35.4 Å². The Kier molecular flexibility index (Phi) is 11.1. The van der Waals surface area contributed by atoms with E-state index >= 15 is 0 Å². The molecule has 0 radical (unpaired) electrons. The number of ether oxygens (including phenoxy) is 7. The summed E-state index contributed by atoms with van der Waals surface area (Å²) in [7, 11) is 0. The molecule has 3 saturated heterocycles. The molecule has 0 bridgehead atoms. The molecule has 4 heterocycles. The van der Waals surface area contributed by atoms with Crippen LogP contribution in [0.25, 0.3) is 0 Å². The molecule has 55 heavy (non-hydrogen) atoms. The van der Waals surface area contributed by atoms with Crippen molar-refractivity contribution in [3.63, 3.8) is 0 Å². The van der Waals surface area contributed by atoms with Crippen LogP contribution in [0.2, 0.25) is 0 Å². The van der Waals surface area contributed by atoms with Gasteiger partial charge in [-0.25, -0.2) is 4.79 Å². The highest BCUT2D eigenvalue weighted by atomic mass is 16.7. The molecule has 21 atom stereocenters. The first kappa shape index (κ1) is 40.5. The van der Waals surface area contributed by atoms with Crippen molar-refractivity contribution in [3.8, 4) is 0 Å². The highest BCUT2D eigenvalue weighted by Crippen LogP contribution is 2.70. The number of carbonyl (C=O) groups is 1. The number of cyclic esters (lactones) is 1. The number of hydrogen-bond donors (Lipinski definition) is 6. The van der Waals surface area contributed by atoms with Gasteiger partial charge in [0.05, 0.1) is 54.4 Å². The lowest BCUT2D eigenvalue weighted by Crippen LogP contribution is -2.67. The number of hydrogen-bond acceptors (Lipinski definition) is 14. The van der Waals surface area contributed by atoms with Gasteiger partial charge in [-0.15, -0.1) is 0 Å². The third-order valence-electron chi connectivity index (χ3n) is 16.0. The van der Waals surface area contributed by atoms with Gasteiger partial charge < -0.3 is 63.8 Å². The Morgan fingerprint density at radius 1 is 0.691 bits per heavy atom. The molecule has 14 nitrogen and oxygen atoms in total. The van der Waals surface area contributed by atoms with Crippen LogP contribution in [0.5, 0.6) is 0 Å². The lowest BCUT2D eigenvalue weighted by atomic mass is 9.42. The minimum absolute atomic E-state index is 0.0452. The first-order chi connectivity index (χ1) is 26.0. The maximum atomic E-state index is 12.6. The average Bonchev–Trinajstić information content (AvgIpc) is 3.67. The van der Waals surface area contributed by atoms with E-state index in [2.05, 4.69) is 6.92 Å². The molecule has 14 heteroatoms. The molecule has 0 aromatic carbocycles. The molecule has 7 fully saturated rings. The molecule has 8 aliphatic rings. The Balaban J connectivity index is 0.837. The van der Waals surface area contributed by atoms with Crippen molar-refractivity contribution >= 4 is 5.97 Å². The summed E-state index contributed by atoms with van der Waals surface area (Å²) >= 11 is 0. The minimum Gasteiger partial charge on any atom is -0.458 e. The zero-order valence-electron chi connectivity index (χ0n) is 32.9. The molecule has 8 rings (SSSR count). The Bertz CT molecular complexity index is 1410. The molecule has 0 aromatic rings. The Morgan fingerprint density at radius 2 is 1.29 bits per heavy atom. The normalized spacial score (nSPS) is 55.5. The lowest BCUT2D eigenvalue weighted by Gasteiger charge is -2.65. The van der Waals surface area contributed by atoms with Gasteiger partial charge in [-0.05, 0) is 107 Å². The average molecular weight is 781 g/mol. The zero-order chi connectivity index (χ0) is 39.2. The van der Waals surface area contributed by atoms with Crippen molar-refractivity contribution in [2.24, 2.45) is 34.5 Å². The van der Waals surface area contributed by atoms with Crippen LogP contribution in [0.15, 0.2) is 11.6 Å². The third-order valence-corrected chi connectivity index (χ3v) is 16.0. The summed E-state index contributed by atoms with van der Waals surface area (Å²) in [5.41, 5.74) is -0.892. The lowest BCUT2D eigenvalue weighted by molar-refractivity contribution is -0.336. The molecule has 312 valence electrons. The summed E-state index contributed by atoms with van der Waals surface area (Å²) in [6.45, 7) is 9.90. The summed E-state index contributed by atoms with van der Waals surface area (Å²) in [6, 6.07) is 0. The summed E-state index contributed by atoms with van der Waals surface area (Å²) in [6.07, 6.45) is -1.51. The quantitative estimate of drug-likeness (QED) is 0.162. The van der Waals surface area contributed by atoms with E-state index in [0.717, 1.165) is 44.1 Å². The second kappa shape index (κ2) is 15.1. The van der Waals surface area contributed by atoms with Crippen molar-refractivity contribution in [2.75, 3.05) is 6.61 Å². The second-order valence-corrected chi connectivity index (χ2v) is 18.8. The fraction of sp³-hybridized carbons (Fsp3) is 0.927. The van der Waals surface area contributed by atoms with Crippen molar-refractivity contribution in [1.82, 2.24) is 0 Å². The van der Waals surface area contributed by atoms with Crippen molar-refractivity contribution in [1.29, 1.82) is 0 Å². The zero-order valence-corrected chi connectivity index (χ0v) is 32.9. The predicted octanol–water partition coefficient (Wildman–Crippen LogP) is 2.22. The van der Waals surface area contributed by atoms with Crippen molar-refractivity contribution in [2.45, 2.75) is 197 Å². The summed E-state index contributed by atoms with van der Waals surface area (Å²) in [5.74, 6) is 0.204. The van der Waals surface area contributed by atoms with Gasteiger partial charge in [0.2, 0.25) is 0 Å². The molecular weight excluding hydrogens is 716 g/mol. The van der Waals surface area contributed by atoms with Crippen LogP contribution >= 0.6 is 0 Å². The second-order valence-electron chi connectivity index (χ2n) is 18.8. The summed E-state index contributed by atoms with van der Waals surface area (Å²) < 4.78 is 42.1. The van der Waals surface area contributed by atoms with E-state index in [1.54, 1.807) is 19.9 Å². The maximum absolute atomic E-state index is 12.6. The number of fused-ring (bicyclic) bond motifs is 5. The van der Waals surface area contributed by atoms with Gasteiger partial charge >= 0.3 is 5.97 Å². The molecule has 4 aliphatic heterocycles. The Labute approximate surface area is 323 Å². The van der Waals surface area contributed by atoms with E-state index in [1.165, 1.54) is 0 Å². The van der Waals surface area contributed by atoms with Crippen LogP contribution in [0.1, 0.15) is 105 Å². The molecule has 0 amide bonds. The monoisotopic (exact) mass is 780 g/mol. The van der Waals surface area contributed by atoms with E-state index in [0.29, 0.717) is 18.8 Å². The van der Waals surface area contributed by atoms with Crippen LogP contribution in [-0.4, -0.2) is 135 Å². The van der Waals surface area contributed by atoms with Gasteiger partial charge in [-0.3, -0.25) is 0 Å². The third kappa shape index (κ3) is 6.95. The standard InChI is InChI=1S/C41H64O14/c1-19-36(47)28(42)15-34(50-19)54-38-21(3)52-35(17-30(38)44)55-37-20(2)51-33(16-29(37)43)53-24-8-10-39(4)23(13-24)6-7-26-27(39)14-31(45)40(5)25(9-11-41(26,40)48)22-12-32(46)49-18-22/h12,19-21,23-31,33-38,42-45,47-48H,6-11,13-18H2,1-5H3/t19-,20-,21-,23-,24+,25-,26-,27?,28+,29+,30+,31-,33?,34?,35+,36-,37-,38?,39+,40+,41+/m1/s1. The number of aliphatic hydroxyl groups is 6. The molecule has 0 aromatic heterocycles. The van der Waals surface area contributed by atoms with Crippen molar-refractivity contribution in [3.05, 3.63) is 11.6 Å². The van der Waals surface area contributed by atoms with Gasteiger partial charge in [0.15, 0.2) is 18.9 Å². The van der Waals surface area contributed by atoms with Crippen LogP contribution in [0.4, 0.5) is 0 Å². The van der Waals surface area contributed by atoms with Gasteiger partial charge in [0, 0.05) is 30.8 Å². The van der Waals surface area contributed by atoms with Crippen LogP contribution in [0, 0.1) is 34.5 Å². The number of esters is 1. The van der Waals surface area contributed by atoms with Crippen molar-refractivity contribution < 1.29 is 68.6 Å². The topological polar surface area (TPSA) is 203 Å². The number of rotatable bonds is 7. The molecular formula is C41H64O14. The van der Waals surface area contributed by atoms with Crippen LogP contribution in [-0.2, 0) is 38.0 Å². The predicted molar refractivity (Wildman–Crippen MR) is 193 cm³/mol. The smallest absolute Gasteiger partial charge is 0.331 e. The fourth-order valence-corrected chi connectivity index (χ4v) is 12.8. The first-order valence-corrected chi connectivity index (χ1v) is 20.9. The van der Waals surface area contributed by atoms with E-state index in [4.69, 9.17) is 33.2 Å². The van der Waals surface area contributed by atoms with Crippen LogP contribution in [0.3, 0.4) is 0 Å². The Hall–Kier alpha value is -1.27. The van der Waals surface area contributed by atoms with E-state index in [1.807, 2.05) is 13.8 Å². The molecule has 4 saturated carbocycles. The van der Waals surface area contributed by atoms with Gasteiger partial charge in [0.25, 0.3) is 0 Å². The maximum Gasteiger partial charge on any atom is 0.331 e. The first-order valence-electron chi connectivity index (χ1n) is 20.9. The molecule has 4 aliphatic carbocycles. The Morgan fingerprint density at radius 3 is 1.87 bits per heavy atom. The molecule has 4 unspecified atom stereocenters. The highest BCUT2D eigenvalue weighted by molar-refractivity contribution is 5.85. The van der Waals surface area contributed by atoms with E-state index < -0.39 is 90.9 Å². The molecule has 0 spiro atoms. The highest BCUT2D eigenvalue weighted by Gasteiger charge is 2.71. The molecule has 6 N–H and O–H groups in total. The van der Waals surface area contributed by atoms with Gasteiger partial charge in [-0.2, -0.15) is 0 Å². The summed E-state index contributed by atoms with van der Waals surface area (Å²) in [4.78, 5) is 11.9. The van der Waals surface area contributed by atoms with Crippen LogP contribution < -0.4 is 0 Å². The SMILES string of the molecule is C[C@H]1O[C@@H](O[C@H]2[C@@H](O)CC(O[C@H]3CC[C@]4(C)C5C[C@@H](O)[C@]6(C)[C@@H](C7=CC(=O)OC7)CC[C@]6(O)[C@@H]5CC[C@@H]4C3)O[C@@H]2C)C[C@H](O)C1OC1C[C@H](O)[C@H](O)[C@@H](C)O1. The largest absolute Gasteiger partial charge is 0.458 e. The van der Waals surface area contributed by atoms with E-state index in [-0.39, 0.29) is 61.1 Å². The van der Waals surface area contributed by atoms with Gasteiger partial charge in [0.1, 0.15) is 24.9 Å². The number of carbonyl (C=O) groups excluding carboxylic acids is 1.